The lowest BCUT2D eigenvalue weighted by Gasteiger charge is -2.13. The Morgan fingerprint density at radius 3 is 2.81 bits per heavy atom. The summed E-state index contributed by atoms with van der Waals surface area (Å²) < 4.78 is 1.89. The predicted octanol–water partition coefficient (Wildman–Crippen LogP) is 3.90. The van der Waals surface area contributed by atoms with Gasteiger partial charge in [-0.1, -0.05) is 42.1 Å². The summed E-state index contributed by atoms with van der Waals surface area (Å²) in [5.41, 5.74) is 2.77. The number of benzene rings is 1. The molecule has 2 heterocycles. The molecule has 9 heteroatoms. The third kappa shape index (κ3) is 5.16. The maximum Gasteiger partial charge on any atom is 0.254 e. The van der Waals surface area contributed by atoms with Crippen molar-refractivity contribution < 1.29 is 9.59 Å². The fourth-order valence-electron chi connectivity index (χ4n) is 3.63. The van der Waals surface area contributed by atoms with E-state index >= 15 is 0 Å². The van der Waals surface area contributed by atoms with Crippen LogP contribution < -0.4 is 10.6 Å². The number of amides is 2. The summed E-state index contributed by atoms with van der Waals surface area (Å²) in [5.74, 6) is -0.0601. The van der Waals surface area contributed by atoms with Crippen molar-refractivity contribution in [1.82, 2.24) is 20.1 Å². The predicted molar refractivity (Wildman–Crippen MR) is 124 cm³/mol. The molecule has 0 radical (unpaired) electrons. The highest BCUT2D eigenvalue weighted by molar-refractivity contribution is 7.99. The van der Waals surface area contributed by atoms with Crippen molar-refractivity contribution >= 4 is 39.9 Å². The molecular formula is C22H25N5O2S2. The molecule has 7 nitrogen and oxygen atoms in total. The van der Waals surface area contributed by atoms with E-state index in [0.29, 0.717) is 22.3 Å². The maximum atomic E-state index is 13.1. The summed E-state index contributed by atoms with van der Waals surface area (Å²) in [7, 11) is 0. The van der Waals surface area contributed by atoms with Crippen molar-refractivity contribution in [2.75, 3.05) is 11.1 Å². The molecule has 0 saturated carbocycles. The number of carbonyl (C=O) groups excluding carboxylic acids is 2. The first-order valence-electron chi connectivity index (χ1n) is 10.4. The van der Waals surface area contributed by atoms with Crippen molar-refractivity contribution in [2.24, 2.45) is 0 Å². The molecule has 31 heavy (non-hydrogen) atoms. The zero-order valence-electron chi connectivity index (χ0n) is 17.4. The minimum absolute atomic E-state index is 0.128. The number of thioether (sulfide) groups is 1. The number of fused-ring (bicyclic) bond motifs is 1. The van der Waals surface area contributed by atoms with E-state index in [1.807, 2.05) is 41.8 Å². The minimum atomic E-state index is -0.147. The third-order valence-electron chi connectivity index (χ3n) is 5.20. The first-order chi connectivity index (χ1) is 15.2. The molecule has 0 spiro atoms. The van der Waals surface area contributed by atoms with Gasteiger partial charge in [-0.15, -0.1) is 21.5 Å². The summed E-state index contributed by atoms with van der Waals surface area (Å²) in [4.78, 5) is 27.0. The standard InChI is InChI=1S/C22H25N5O2S2/c1-2-27-14-24-26-22(27)30-13-18(28)25-21-19(16-10-6-7-11-17(16)31-21)20(29)23-12-15-8-4-3-5-9-15/h3-5,8-9,14H,2,6-7,10-13H2,1H3,(H,23,29)(H,25,28). The number of aromatic nitrogens is 3. The van der Waals surface area contributed by atoms with Gasteiger partial charge >= 0.3 is 0 Å². The normalized spacial score (nSPS) is 12.9. The van der Waals surface area contributed by atoms with Crippen LogP contribution in [0, 0.1) is 0 Å². The van der Waals surface area contributed by atoms with E-state index in [1.54, 1.807) is 6.33 Å². The van der Waals surface area contributed by atoms with E-state index < -0.39 is 0 Å². The Bertz CT molecular complexity index is 1060. The molecule has 4 rings (SSSR count). The van der Waals surface area contributed by atoms with Gasteiger partial charge in [0.15, 0.2) is 5.16 Å². The number of nitrogens with one attached hydrogen (secondary N) is 2. The second kappa shape index (κ2) is 10.1. The van der Waals surface area contributed by atoms with Crippen LogP contribution in [0.3, 0.4) is 0 Å². The molecule has 0 bridgehead atoms. The highest BCUT2D eigenvalue weighted by Crippen LogP contribution is 2.38. The van der Waals surface area contributed by atoms with Crippen LogP contribution in [0.15, 0.2) is 41.8 Å². The molecule has 1 aromatic carbocycles. The smallest absolute Gasteiger partial charge is 0.254 e. The van der Waals surface area contributed by atoms with Crippen molar-refractivity contribution in [1.29, 1.82) is 0 Å². The van der Waals surface area contributed by atoms with Gasteiger partial charge in [-0.2, -0.15) is 0 Å². The number of carbonyl (C=O) groups is 2. The van der Waals surface area contributed by atoms with Crippen LogP contribution in [0.5, 0.6) is 0 Å². The van der Waals surface area contributed by atoms with E-state index in [0.717, 1.165) is 43.4 Å². The maximum absolute atomic E-state index is 13.1. The van der Waals surface area contributed by atoms with Crippen LogP contribution in [-0.4, -0.2) is 32.3 Å². The van der Waals surface area contributed by atoms with E-state index in [1.165, 1.54) is 28.0 Å². The molecule has 2 amide bonds. The first-order valence-corrected chi connectivity index (χ1v) is 12.2. The molecule has 0 unspecified atom stereocenters. The van der Waals surface area contributed by atoms with Crippen LogP contribution in [-0.2, 0) is 30.7 Å². The van der Waals surface area contributed by atoms with Crippen molar-refractivity contribution in [3.05, 3.63) is 58.2 Å². The highest BCUT2D eigenvalue weighted by Gasteiger charge is 2.26. The number of nitrogens with zero attached hydrogens (tertiary/aromatic N) is 3. The Morgan fingerprint density at radius 2 is 2.00 bits per heavy atom. The number of aryl methyl sites for hydroxylation is 2. The van der Waals surface area contributed by atoms with Crippen molar-refractivity contribution in [2.45, 2.75) is 50.9 Å². The quantitative estimate of drug-likeness (QED) is 0.503. The van der Waals surface area contributed by atoms with Crippen LogP contribution in [0.25, 0.3) is 0 Å². The lowest BCUT2D eigenvalue weighted by molar-refractivity contribution is -0.113. The van der Waals surface area contributed by atoms with Crippen LogP contribution in [0.2, 0.25) is 0 Å². The van der Waals surface area contributed by atoms with Gasteiger partial charge in [0.05, 0.1) is 11.3 Å². The summed E-state index contributed by atoms with van der Waals surface area (Å²) in [6, 6.07) is 9.83. The molecule has 2 aromatic heterocycles. The van der Waals surface area contributed by atoms with Gasteiger partial charge in [0, 0.05) is 18.0 Å². The van der Waals surface area contributed by atoms with Gasteiger partial charge in [0.2, 0.25) is 5.91 Å². The zero-order chi connectivity index (χ0) is 21.6. The number of anilines is 1. The molecule has 2 N–H and O–H groups in total. The lowest BCUT2D eigenvalue weighted by atomic mass is 9.95. The van der Waals surface area contributed by atoms with E-state index in [-0.39, 0.29) is 17.6 Å². The van der Waals surface area contributed by atoms with E-state index in [2.05, 4.69) is 20.8 Å². The third-order valence-corrected chi connectivity index (χ3v) is 7.39. The van der Waals surface area contributed by atoms with Gasteiger partial charge in [0.1, 0.15) is 11.3 Å². The van der Waals surface area contributed by atoms with E-state index in [9.17, 15) is 9.59 Å². The van der Waals surface area contributed by atoms with Gasteiger partial charge in [-0.3, -0.25) is 9.59 Å². The largest absolute Gasteiger partial charge is 0.348 e. The topological polar surface area (TPSA) is 88.9 Å². The van der Waals surface area contributed by atoms with Gasteiger partial charge in [-0.25, -0.2) is 0 Å². The fraction of sp³-hybridized carbons (Fsp3) is 0.364. The Morgan fingerprint density at radius 1 is 1.19 bits per heavy atom. The number of thiophene rings is 1. The Hall–Kier alpha value is -2.65. The SMILES string of the molecule is CCn1cnnc1SCC(=O)Nc1sc2c(c1C(=O)NCc1ccccc1)CCCC2. The molecule has 1 aliphatic rings. The Kier molecular flexibility index (Phi) is 7.03. The summed E-state index contributed by atoms with van der Waals surface area (Å²) in [6.07, 6.45) is 5.68. The monoisotopic (exact) mass is 455 g/mol. The molecular weight excluding hydrogens is 430 g/mol. The van der Waals surface area contributed by atoms with Gasteiger partial charge in [-0.05, 0) is 43.7 Å². The second-order valence-corrected chi connectivity index (χ2v) is 9.37. The highest BCUT2D eigenvalue weighted by atomic mass is 32.2. The lowest BCUT2D eigenvalue weighted by Crippen LogP contribution is -2.25. The molecule has 162 valence electrons. The van der Waals surface area contributed by atoms with E-state index in [4.69, 9.17) is 0 Å². The number of rotatable bonds is 8. The van der Waals surface area contributed by atoms with Gasteiger partial charge < -0.3 is 15.2 Å². The number of hydrogen-bond donors (Lipinski definition) is 2. The summed E-state index contributed by atoms with van der Waals surface area (Å²) >= 11 is 2.88. The molecule has 0 atom stereocenters. The van der Waals surface area contributed by atoms with Gasteiger partial charge in [0.25, 0.3) is 5.91 Å². The summed E-state index contributed by atoms with van der Waals surface area (Å²) in [5, 5.41) is 15.3. The molecule has 3 aromatic rings. The van der Waals surface area contributed by atoms with Crippen LogP contribution >= 0.6 is 23.1 Å². The summed E-state index contributed by atoms with van der Waals surface area (Å²) in [6.45, 7) is 3.21. The number of hydrogen-bond acceptors (Lipinski definition) is 6. The first kappa shape index (κ1) is 21.6. The van der Waals surface area contributed by atoms with Crippen LogP contribution in [0.1, 0.15) is 46.1 Å². The Labute approximate surface area is 189 Å². The average molecular weight is 456 g/mol. The minimum Gasteiger partial charge on any atom is -0.348 e. The molecule has 0 fully saturated rings. The fourth-order valence-corrected chi connectivity index (χ4v) is 5.71. The zero-order valence-corrected chi connectivity index (χ0v) is 19.0. The molecule has 0 aliphatic heterocycles. The Balaban J connectivity index is 1.47. The molecule has 0 saturated heterocycles. The van der Waals surface area contributed by atoms with Crippen molar-refractivity contribution in [3.63, 3.8) is 0 Å². The second-order valence-electron chi connectivity index (χ2n) is 7.32. The van der Waals surface area contributed by atoms with Crippen LogP contribution in [0.4, 0.5) is 5.00 Å². The van der Waals surface area contributed by atoms with Crippen molar-refractivity contribution in [3.8, 4) is 0 Å². The molecule has 1 aliphatic carbocycles. The average Bonchev–Trinajstić information content (AvgIpc) is 3.40.